The Morgan fingerprint density at radius 2 is 1.94 bits per heavy atom. The molecule has 1 fully saturated rings. The van der Waals surface area contributed by atoms with E-state index in [4.69, 9.17) is 5.11 Å². The highest BCUT2D eigenvalue weighted by Gasteiger charge is 2.22. The molecule has 0 bridgehead atoms. The number of hydrogen-bond donors (Lipinski definition) is 2. The van der Waals surface area contributed by atoms with Crippen molar-refractivity contribution in [3.05, 3.63) is 0 Å². The van der Waals surface area contributed by atoms with Crippen LogP contribution in [0.15, 0.2) is 0 Å². The lowest BCUT2D eigenvalue weighted by molar-refractivity contribution is 0.168. The molecule has 1 rings (SSSR count). The van der Waals surface area contributed by atoms with Gasteiger partial charge in [0.2, 0.25) is 0 Å². The van der Waals surface area contributed by atoms with Gasteiger partial charge in [0.25, 0.3) is 0 Å². The minimum atomic E-state index is 0.324. The molecule has 0 aliphatic carbocycles. The maximum absolute atomic E-state index is 8.97. The molecular formula is C15H32N2O. The predicted molar refractivity (Wildman–Crippen MR) is 77.8 cm³/mol. The van der Waals surface area contributed by atoms with Crippen molar-refractivity contribution in [2.75, 3.05) is 32.8 Å². The van der Waals surface area contributed by atoms with Crippen LogP contribution in [0.1, 0.15) is 46.5 Å². The van der Waals surface area contributed by atoms with Crippen LogP contribution in [0.4, 0.5) is 0 Å². The van der Waals surface area contributed by atoms with E-state index < -0.39 is 0 Å². The van der Waals surface area contributed by atoms with Crippen molar-refractivity contribution in [1.29, 1.82) is 0 Å². The fraction of sp³-hybridized carbons (Fsp3) is 1.00. The molecule has 1 aliphatic heterocycles. The number of nitrogens with one attached hydrogen (secondary N) is 1. The van der Waals surface area contributed by atoms with Crippen LogP contribution in [-0.2, 0) is 0 Å². The van der Waals surface area contributed by atoms with E-state index in [0.29, 0.717) is 18.6 Å². The second-order valence-electron chi connectivity index (χ2n) is 5.94. The number of aliphatic hydroxyl groups is 1. The van der Waals surface area contributed by atoms with Gasteiger partial charge in [-0.05, 0) is 70.6 Å². The van der Waals surface area contributed by atoms with Crippen LogP contribution < -0.4 is 5.32 Å². The van der Waals surface area contributed by atoms with E-state index in [1.165, 1.54) is 38.9 Å². The van der Waals surface area contributed by atoms with Crippen molar-refractivity contribution in [3.8, 4) is 0 Å². The zero-order valence-electron chi connectivity index (χ0n) is 12.5. The second kappa shape index (κ2) is 8.89. The lowest BCUT2D eigenvalue weighted by Crippen LogP contribution is -2.42. The number of aliphatic hydroxyl groups excluding tert-OH is 1. The van der Waals surface area contributed by atoms with Gasteiger partial charge in [0.05, 0.1) is 0 Å². The molecular weight excluding hydrogens is 224 g/mol. The molecule has 1 heterocycles. The molecule has 0 spiro atoms. The number of likely N-dealkylation sites (tertiary alicyclic amines) is 1. The summed E-state index contributed by atoms with van der Waals surface area (Å²) in [5.41, 5.74) is 0. The zero-order chi connectivity index (χ0) is 13.4. The first kappa shape index (κ1) is 15.9. The Kier molecular flexibility index (Phi) is 7.87. The summed E-state index contributed by atoms with van der Waals surface area (Å²) < 4.78 is 0. The lowest BCUT2D eigenvalue weighted by Gasteiger charge is -2.34. The van der Waals surface area contributed by atoms with Crippen molar-refractivity contribution in [1.82, 2.24) is 10.2 Å². The molecule has 108 valence electrons. The van der Waals surface area contributed by atoms with E-state index in [-0.39, 0.29) is 0 Å². The first-order valence-corrected chi connectivity index (χ1v) is 7.74. The largest absolute Gasteiger partial charge is 0.396 e. The summed E-state index contributed by atoms with van der Waals surface area (Å²) in [7, 11) is 0. The minimum Gasteiger partial charge on any atom is -0.396 e. The quantitative estimate of drug-likeness (QED) is 0.653. The Morgan fingerprint density at radius 3 is 2.50 bits per heavy atom. The molecule has 2 N–H and O–H groups in total. The normalized spacial score (nSPS) is 22.0. The summed E-state index contributed by atoms with van der Waals surface area (Å²) in [5.74, 6) is 1.30. The standard InChI is InChI=1S/C15H32N2O/c1-4-17-10-7-15(8-11-17)14(3)16-9-5-6-13(2)12-18/h13-16,18H,4-12H2,1-3H3. The molecule has 0 aromatic rings. The van der Waals surface area contributed by atoms with Gasteiger partial charge >= 0.3 is 0 Å². The Bertz CT molecular complexity index is 203. The lowest BCUT2D eigenvalue weighted by atomic mass is 9.90. The van der Waals surface area contributed by atoms with Crippen molar-refractivity contribution in [2.45, 2.75) is 52.5 Å². The monoisotopic (exact) mass is 256 g/mol. The topological polar surface area (TPSA) is 35.5 Å². The van der Waals surface area contributed by atoms with Gasteiger partial charge < -0.3 is 15.3 Å². The van der Waals surface area contributed by atoms with Gasteiger partial charge in [-0.2, -0.15) is 0 Å². The zero-order valence-corrected chi connectivity index (χ0v) is 12.5. The molecule has 2 unspecified atom stereocenters. The van der Waals surface area contributed by atoms with Crippen LogP contribution in [0.25, 0.3) is 0 Å². The maximum Gasteiger partial charge on any atom is 0.0456 e. The summed E-state index contributed by atoms with van der Waals surface area (Å²) in [6.45, 7) is 11.9. The molecule has 1 aliphatic rings. The first-order chi connectivity index (χ1) is 8.67. The van der Waals surface area contributed by atoms with E-state index in [9.17, 15) is 0 Å². The number of rotatable bonds is 8. The van der Waals surface area contributed by atoms with Crippen LogP contribution in [0.3, 0.4) is 0 Å². The van der Waals surface area contributed by atoms with Crippen molar-refractivity contribution >= 4 is 0 Å². The maximum atomic E-state index is 8.97. The van der Waals surface area contributed by atoms with Crippen molar-refractivity contribution in [2.24, 2.45) is 11.8 Å². The highest BCUT2D eigenvalue weighted by atomic mass is 16.3. The highest BCUT2D eigenvalue weighted by Crippen LogP contribution is 2.20. The van der Waals surface area contributed by atoms with Gasteiger partial charge in [-0.25, -0.2) is 0 Å². The molecule has 0 amide bonds. The van der Waals surface area contributed by atoms with E-state index in [1.807, 2.05) is 0 Å². The fourth-order valence-corrected chi connectivity index (χ4v) is 2.81. The number of hydrogen-bond acceptors (Lipinski definition) is 3. The van der Waals surface area contributed by atoms with Crippen LogP contribution in [0.2, 0.25) is 0 Å². The third kappa shape index (κ3) is 5.68. The van der Waals surface area contributed by atoms with Gasteiger partial charge in [0.15, 0.2) is 0 Å². The van der Waals surface area contributed by atoms with E-state index in [2.05, 4.69) is 31.0 Å². The minimum absolute atomic E-state index is 0.324. The number of piperidine rings is 1. The average molecular weight is 256 g/mol. The Morgan fingerprint density at radius 1 is 1.28 bits per heavy atom. The summed E-state index contributed by atoms with van der Waals surface area (Å²) in [6, 6.07) is 0.647. The molecule has 18 heavy (non-hydrogen) atoms. The van der Waals surface area contributed by atoms with E-state index in [1.54, 1.807) is 0 Å². The van der Waals surface area contributed by atoms with Crippen molar-refractivity contribution < 1.29 is 5.11 Å². The average Bonchev–Trinajstić information content (AvgIpc) is 2.43. The number of nitrogens with zero attached hydrogens (tertiary/aromatic N) is 1. The molecule has 0 aromatic carbocycles. The van der Waals surface area contributed by atoms with Gasteiger partial charge in [0.1, 0.15) is 0 Å². The predicted octanol–water partition coefficient (Wildman–Crippen LogP) is 2.10. The van der Waals surface area contributed by atoms with Crippen LogP contribution in [-0.4, -0.2) is 48.8 Å². The molecule has 0 radical (unpaired) electrons. The van der Waals surface area contributed by atoms with Crippen LogP contribution >= 0.6 is 0 Å². The highest BCUT2D eigenvalue weighted by molar-refractivity contribution is 4.79. The SMILES string of the molecule is CCN1CCC(C(C)NCCCC(C)CO)CC1. The van der Waals surface area contributed by atoms with Crippen LogP contribution in [0, 0.1) is 11.8 Å². The molecule has 3 nitrogen and oxygen atoms in total. The third-order valence-corrected chi connectivity index (χ3v) is 4.44. The summed E-state index contributed by atoms with van der Waals surface area (Å²) in [6.07, 6.45) is 4.99. The van der Waals surface area contributed by atoms with E-state index >= 15 is 0 Å². The summed E-state index contributed by atoms with van der Waals surface area (Å²) in [5, 5.41) is 12.6. The summed E-state index contributed by atoms with van der Waals surface area (Å²) >= 11 is 0. The second-order valence-corrected chi connectivity index (χ2v) is 5.94. The van der Waals surface area contributed by atoms with Gasteiger partial charge in [0, 0.05) is 12.6 Å². The van der Waals surface area contributed by atoms with E-state index in [0.717, 1.165) is 18.9 Å². The smallest absolute Gasteiger partial charge is 0.0456 e. The van der Waals surface area contributed by atoms with Gasteiger partial charge in [-0.1, -0.05) is 13.8 Å². The third-order valence-electron chi connectivity index (χ3n) is 4.44. The van der Waals surface area contributed by atoms with Gasteiger partial charge in [-0.3, -0.25) is 0 Å². The molecule has 3 heteroatoms. The van der Waals surface area contributed by atoms with Crippen LogP contribution in [0.5, 0.6) is 0 Å². The molecule has 1 saturated heterocycles. The Labute approximate surface area is 113 Å². The summed E-state index contributed by atoms with van der Waals surface area (Å²) in [4.78, 5) is 2.55. The molecule has 0 aromatic heterocycles. The fourth-order valence-electron chi connectivity index (χ4n) is 2.81. The van der Waals surface area contributed by atoms with Crippen molar-refractivity contribution in [3.63, 3.8) is 0 Å². The molecule has 0 saturated carbocycles. The molecule has 2 atom stereocenters. The van der Waals surface area contributed by atoms with Gasteiger partial charge in [-0.15, -0.1) is 0 Å². The Hall–Kier alpha value is -0.120. The first-order valence-electron chi connectivity index (χ1n) is 7.74. The Balaban J connectivity index is 2.08.